The molecular formula is C32H40N4O5S. The highest BCUT2D eigenvalue weighted by molar-refractivity contribution is 7.92. The van der Waals surface area contributed by atoms with E-state index in [-0.39, 0.29) is 23.8 Å². The van der Waals surface area contributed by atoms with Gasteiger partial charge in [-0.2, -0.15) is 0 Å². The molecule has 0 spiro atoms. The molecule has 10 heteroatoms. The molecular weight excluding hydrogens is 552 g/mol. The first kappa shape index (κ1) is 31.2. The van der Waals surface area contributed by atoms with Crippen molar-refractivity contribution in [2.24, 2.45) is 0 Å². The quantitative estimate of drug-likeness (QED) is 0.227. The Labute approximate surface area is 248 Å². The smallest absolute Gasteiger partial charge is 0.241 e. The zero-order valence-electron chi connectivity index (χ0n) is 24.4. The van der Waals surface area contributed by atoms with Gasteiger partial charge in [0.05, 0.1) is 12.3 Å². The Morgan fingerprint density at radius 1 is 0.952 bits per heavy atom. The Hall–Kier alpha value is -3.73. The lowest BCUT2D eigenvalue weighted by atomic mass is 10.0. The number of sulfonamides is 1. The molecule has 1 heterocycles. The van der Waals surface area contributed by atoms with E-state index in [4.69, 9.17) is 4.74 Å². The largest absolute Gasteiger partial charge is 0.457 e. The number of nitrogens with zero attached hydrogens (tertiary/aromatic N) is 1. The molecule has 3 aromatic rings. The molecule has 0 bridgehead atoms. The van der Waals surface area contributed by atoms with Crippen molar-refractivity contribution in [1.82, 2.24) is 10.2 Å². The molecule has 1 saturated heterocycles. The monoisotopic (exact) mass is 592 g/mol. The molecule has 1 amide bonds. The second kappa shape index (κ2) is 14.4. The Morgan fingerprint density at radius 2 is 1.60 bits per heavy atom. The molecule has 0 aliphatic carbocycles. The summed E-state index contributed by atoms with van der Waals surface area (Å²) in [5.74, 6) is 1.23. The second-order valence-electron chi connectivity index (χ2n) is 10.8. The zero-order chi connectivity index (χ0) is 30.1. The summed E-state index contributed by atoms with van der Waals surface area (Å²) in [5.41, 5.74) is 2.90. The lowest BCUT2D eigenvalue weighted by Crippen LogP contribution is -2.50. The van der Waals surface area contributed by atoms with Crippen molar-refractivity contribution in [3.63, 3.8) is 0 Å². The Balaban J connectivity index is 1.23. The third kappa shape index (κ3) is 9.68. The Morgan fingerprint density at radius 3 is 2.19 bits per heavy atom. The van der Waals surface area contributed by atoms with Gasteiger partial charge in [0.2, 0.25) is 15.9 Å². The molecule has 1 aliphatic rings. The number of ether oxygens (including phenoxy) is 1. The zero-order valence-corrected chi connectivity index (χ0v) is 25.2. The molecule has 3 aromatic carbocycles. The van der Waals surface area contributed by atoms with Gasteiger partial charge in [-0.25, -0.2) is 8.42 Å². The molecule has 0 aromatic heterocycles. The number of rotatable bonds is 13. The number of hydrogen-bond acceptors (Lipinski definition) is 7. The molecule has 42 heavy (non-hydrogen) atoms. The lowest BCUT2D eigenvalue weighted by molar-refractivity contribution is -0.118. The number of Topliss-reactive ketones (excluding diaryl/α,β-unsaturated/α-hetero) is 1. The van der Waals surface area contributed by atoms with Crippen LogP contribution in [0, 0.1) is 0 Å². The summed E-state index contributed by atoms with van der Waals surface area (Å²) in [5, 5.41) is 6.57. The normalized spacial score (nSPS) is 15.1. The van der Waals surface area contributed by atoms with Gasteiger partial charge in [-0.3, -0.25) is 19.2 Å². The molecule has 4 rings (SSSR count). The highest BCUT2D eigenvalue weighted by Gasteiger charge is 2.25. The van der Waals surface area contributed by atoms with Gasteiger partial charge in [0, 0.05) is 29.5 Å². The van der Waals surface area contributed by atoms with E-state index in [9.17, 15) is 18.0 Å². The van der Waals surface area contributed by atoms with Crippen molar-refractivity contribution < 1.29 is 22.7 Å². The number of ketones is 1. The summed E-state index contributed by atoms with van der Waals surface area (Å²) in [6.45, 7) is 6.30. The first-order chi connectivity index (χ1) is 20.1. The van der Waals surface area contributed by atoms with Crippen LogP contribution in [0.4, 0.5) is 11.4 Å². The molecule has 3 N–H and O–H groups in total. The van der Waals surface area contributed by atoms with Gasteiger partial charge in [0.25, 0.3) is 0 Å². The first-order valence-corrected chi connectivity index (χ1v) is 16.2. The Kier molecular flexibility index (Phi) is 10.7. The minimum Gasteiger partial charge on any atom is -0.457 e. The maximum Gasteiger partial charge on any atom is 0.241 e. The third-order valence-electron chi connectivity index (χ3n) is 7.18. The number of carbonyl (C=O) groups is 2. The highest BCUT2D eigenvalue weighted by atomic mass is 32.2. The van der Waals surface area contributed by atoms with E-state index < -0.39 is 10.0 Å². The van der Waals surface area contributed by atoms with Crippen LogP contribution in [0.25, 0.3) is 0 Å². The van der Waals surface area contributed by atoms with Crippen molar-refractivity contribution in [3.8, 4) is 11.5 Å². The molecule has 1 unspecified atom stereocenters. The van der Waals surface area contributed by atoms with E-state index in [2.05, 4.69) is 39.3 Å². The molecule has 224 valence electrons. The van der Waals surface area contributed by atoms with Gasteiger partial charge in [-0.15, -0.1) is 0 Å². The fraction of sp³-hybridized carbons (Fsp3) is 0.375. The average Bonchev–Trinajstić information content (AvgIpc) is 2.95. The topological polar surface area (TPSA) is 117 Å². The number of benzene rings is 3. The lowest BCUT2D eigenvalue weighted by Gasteiger charge is -2.34. The van der Waals surface area contributed by atoms with Crippen molar-refractivity contribution >= 4 is 33.1 Å². The predicted molar refractivity (Wildman–Crippen MR) is 167 cm³/mol. The SMILES string of the molecule is CCCC(NC1CCN(Cc2ccc(Oc3ccc(NS(C)(=O)=O)cc3)cc2)CC1)C(=O)Nc1cccc(C(C)=O)c1. The van der Waals surface area contributed by atoms with Crippen LogP contribution in [0.5, 0.6) is 11.5 Å². The summed E-state index contributed by atoms with van der Waals surface area (Å²) in [4.78, 5) is 27.2. The number of piperidine rings is 1. The van der Waals surface area contributed by atoms with Gasteiger partial charge in [0.15, 0.2) is 5.78 Å². The van der Waals surface area contributed by atoms with Crippen molar-refractivity contribution in [1.29, 1.82) is 0 Å². The summed E-state index contributed by atoms with van der Waals surface area (Å²) < 4.78 is 31.1. The van der Waals surface area contributed by atoms with Gasteiger partial charge >= 0.3 is 0 Å². The number of amides is 1. The summed E-state index contributed by atoms with van der Waals surface area (Å²) >= 11 is 0. The molecule has 1 atom stereocenters. The van der Waals surface area contributed by atoms with Crippen LogP contribution in [0.15, 0.2) is 72.8 Å². The van der Waals surface area contributed by atoms with Crippen LogP contribution >= 0.6 is 0 Å². The summed E-state index contributed by atoms with van der Waals surface area (Å²) in [6.07, 6.45) is 4.66. The van der Waals surface area contributed by atoms with E-state index >= 15 is 0 Å². The minimum atomic E-state index is -3.32. The van der Waals surface area contributed by atoms with Gasteiger partial charge < -0.3 is 15.4 Å². The van der Waals surface area contributed by atoms with Crippen molar-refractivity contribution in [3.05, 3.63) is 83.9 Å². The second-order valence-corrected chi connectivity index (χ2v) is 12.6. The number of anilines is 2. The van der Waals surface area contributed by atoms with Crippen LogP contribution in [0.3, 0.4) is 0 Å². The fourth-order valence-corrected chi connectivity index (χ4v) is 5.59. The first-order valence-electron chi connectivity index (χ1n) is 14.3. The maximum absolute atomic E-state index is 13.1. The molecule has 0 radical (unpaired) electrons. The van der Waals surface area contributed by atoms with Gasteiger partial charge in [0.1, 0.15) is 11.5 Å². The van der Waals surface area contributed by atoms with E-state index in [1.807, 2.05) is 18.2 Å². The van der Waals surface area contributed by atoms with Gasteiger partial charge in [-0.05, 0) is 93.4 Å². The van der Waals surface area contributed by atoms with E-state index in [0.717, 1.165) is 51.6 Å². The average molecular weight is 593 g/mol. The molecule has 1 aliphatic heterocycles. The molecule has 1 fully saturated rings. The van der Waals surface area contributed by atoms with E-state index in [0.29, 0.717) is 28.4 Å². The third-order valence-corrected chi connectivity index (χ3v) is 7.78. The number of likely N-dealkylation sites (tertiary alicyclic amines) is 1. The molecule has 0 saturated carbocycles. The summed E-state index contributed by atoms with van der Waals surface area (Å²) in [6, 6.07) is 21.8. The van der Waals surface area contributed by atoms with E-state index in [1.54, 1.807) is 42.5 Å². The van der Waals surface area contributed by atoms with Gasteiger partial charge in [-0.1, -0.05) is 37.6 Å². The number of nitrogens with one attached hydrogen (secondary N) is 3. The van der Waals surface area contributed by atoms with Crippen LogP contribution in [0.1, 0.15) is 55.5 Å². The Bertz CT molecular complexity index is 1450. The minimum absolute atomic E-state index is 0.0287. The predicted octanol–water partition coefficient (Wildman–Crippen LogP) is 5.41. The highest BCUT2D eigenvalue weighted by Crippen LogP contribution is 2.24. The number of hydrogen-bond donors (Lipinski definition) is 3. The number of carbonyl (C=O) groups excluding carboxylic acids is 2. The van der Waals surface area contributed by atoms with Crippen LogP contribution in [0.2, 0.25) is 0 Å². The van der Waals surface area contributed by atoms with Crippen molar-refractivity contribution in [2.45, 2.75) is 58.2 Å². The van der Waals surface area contributed by atoms with Crippen molar-refractivity contribution in [2.75, 3.05) is 29.4 Å². The van der Waals surface area contributed by atoms with Crippen LogP contribution in [-0.2, 0) is 21.4 Å². The van der Waals surface area contributed by atoms with Crippen LogP contribution < -0.4 is 20.1 Å². The molecule has 9 nitrogen and oxygen atoms in total. The summed E-state index contributed by atoms with van der Waals surface area (Å²) in [7, 11) is -3.32. The van der Waals surface area contributed by atoms with Crippen LogP contribution in [-0.4, -0.2) is 56.4 Å². The fourth-order valence-electron chi connectivity index (χ4n) is 5.03. The maximum atomic E-state index is 13.1. The van der Waals surface area contributed by atoms with E-state index in [1.165, 1.54) is 12.5 Å². The standard InChI is InChI=1S/C32H40N4O5S/c1-4-6-31(32(38)34-28-8-5-7-25(21-28)23(2)37)33-26-17-19-36(20-18-26)22-24-9-13-29(14-10-24)41-30-15-11-27(12-16-30)35-42(3,39)40/h5,7-16,21,26,31,33,35H,4,6,17-20,22H2,1-3H3,(H,34,38).